The van der Waals surface area contributed by atoms with Crippen LogP contribution in [0.3, 0.4) is 0 Å². The molecule has 108 valence electrons. The highest BCUT2D eigenvalue weighted by molar-refractivity contribution is 9.10. The van der Waals surface area contributed by atoms with Crippen molar-refractivity contribution < 1.29 is 14.3 Å². The molecule has 1 aromatic carbocycles. The highest BCUT2D eigenvalue weighted by Gasteiger charge is 2.27. The van der Waals surface area contributed by atoms with Gasteiger partial charge in [0.15, 0.2) is 5.75 Å². The second-order valence-corrected chi connectivity index (χ2v) is 6.17. The molecular weight excluding hydrogens is 344 g/mol. The van der Waals surface area contributed by atoms with Crippen LogP contribution in [0.5, 0.6) is 5.75 Å². The fourth-order valence-corrected chi connectivity index (χ4v) is 3.54. The van der Waals surface area contributed by atoms with E-state index in [9.17, 15) is 9.59 Å². The van der Waals surface area contributed by atoms with Gasteiger partial charge in [-0.2, -0.15) is 0 Å². The number of benzene rings is 1. The SMILES string of the molecule is COc1c(Br)ccc(C2CCC(=O)CCCC2=O)c1Cl. The van der Waals surface area contributed by atoms with Crippen molar-refractivity contribution >= 4 is 39.1 Å². The number of halogens is 2. The number of carbonyl (C=O) groups is 2. The summed E-state index contributed by atoms with van der Waals surface area (Å²) in [5.41, 5.74) is 0.756. The summed E-state index contributed by atoms with van der Waals surface area (Å²) in [6.45, 7) is 0. The quantitative estimate of drug-likeness (QED) is 0.791. The Morgan fingerprint density at radius 1 is 1.25 bits per heavy atom. The molecule has 1 aliphatic rings. The second-order valence-electron chi connectivity index (χ2n) is 4.93. The molecule has 0 amide bonds. The number of methoxy groups -OCH3 is 1. The lowest BCUT2D eigenvalue weighted by atomic mass is 9.84. The Kier molecular flexibility index (Phi) is 5.22. The lowest BCUT2D eigenvalue weighted by molar-refractivity contribution is -0.123. The standard InChI is InChI=1S/C15H16BrClO3/c1-20-15-12(16)8-7-11(14(15)17)10-6-5-9(18)3-2-4-13(10)19/h7-8,10H,2-6H2,1H3. The van der Waals surface area contributed by atoms with Crippen LogP contribution in [0.1, 0.15) is 43.6 Å². The average molecular weight is 360 g/mol. The lowest BCUT2D eigenvalue weighted by Gasteiger charge is -2.21. The van der Waals surface area contributed by atoms with Crippen LogP contribution >= 0.6 is 27.5 Å². The van der Waals surface area contributed by atoms with Gasteiger partial charge in [0.1, 0.15) is 11.6 Å². The number of rotatable bonds is 2. The van der Waals surface area contributed by atoms with E-state index in [0.717, 1.165) is 10.0 Å². The van der Waals surface area contributed by atoms with Crippen molar-refractivity contribution in [1.29, 1.82) is 0 Å². The fraction of sp³-hybridized carbons (Fsp3) is 0.467. The van der Waals surface area contributed by atoms with Crippen molar-refractivity contribution in [3.63, 3.8) is 0 Å². The van der Waals surface area contributed by atoms with E-state index in [0.29, 0.717) is 42.9 Å². The molecule has 1 aliphatic carbocycles. The van der Waals surface area contributed by atoms with E-state index in [2.05, 4.69) is 15.9 Å². The Morgan fingerprint density at radius 3 is 2.70 bits per heavy atom. The molecule has 1 saturated carbocycles. The van der Waals surface area contributed by atoms with Crippen molar-refractivity contribution in [2.45, 2.75) is 38.0 Å². The van der Waals surface area contributed by atoms with E-state index in [1.165, 1.54) is 0 Å². The molecule has 0 aliphatic heterocycles. The number of ether oxygens (including phenoxy) is 1. The van der Waals surface area contributed by atoms with Crippen LogP contribution in [0.15, 0.2) is 16.6 Å². The van der Waals surface area contributed by atoms with Gasteiger partial charge in [-0.25, -0.2) is 0 Å². The molecule has 2 rings (SSSR count). The Balaban J connectivity index is 2.37. The van der Waals surface area contributed by atoms with E-state index in [4.69, 9.17) is 16.3 Å². The van der Waals surface area contributed by atoms with Crippen molar-refractivity contribution in [2.24, 2.45) is 0 Å². The average Bonchev–Trinajstić information content (AvgIpc) is 2.40. The molecule has 0 N–H and O–H groups in total. The molecule has 3 nitrogen and oxygen atoms in total. The van der Waals surface area contributed by atoms with Gasteiger partial charge in [-0.15, -0.1) is 0 Å². The molecule has 1 fully saturated rings. The van der Waals surface area contributed by atoms with E-state index in [1.54, 1.807) is 7.11 Å². The number of Topliss-reactive ketones (excluding diaryl/α,β-unsaturated/α-hetero) is 2. The predicted octanol–water partition coefficient (Wildman–Crippen LogP) is 4.30. The van der Waals surface area contributed by atoms with Gasteiger partial charge in [0.25, 0.3) is 0 Å². The zero-order valence-corrected chi connectivity index (χ0v) is 13.6. The van der Waals surface area contributed by atoms with E-state index in [-0.39, 0.29) is 17.5 Å². The minimum absolute atomic E-state index is 0.156. The Hall–Kier alpha value is -0.870. The number of ketones is 2. The third kappa shape index (κ3) is 3.23. The normalized spacial score (nSPS) is 20.4. The van der Waals surface area contributed by atoms with Crippen LogP contribution in [0.25, 0.3) is 0 Å². The van der Waals surface area contributed by atoms with Gasteiger partial charge in [0.2, 0.25) is 0 Å². The van der Waals surface area contributed by atoms with E-state index < -0.39 is 0 Å². The van der Waals surface area contributed by atoms with E-state index >= 15 is 0 Å². The first-order valence-electron chi connectivity index (χ1n) is 6.61. The van der Waals surface area contributed by atoms with Gasteiger partial charge in [-0.3, -0.25) is 9.59 Å². The zero-order valence-electron chi connectivity index (χ0n) is 11.2. The summed E-state index contributed by atoms with van der Waals surface area (Å²) in [6.07, 6.45) is 2.55. The zero-order chi connectivity index (χ0) is 14.7. The fourth-order valence-electron chi connectivity index (χ4n) is 2.56. The van der Waals surface area contributed by atoms with Gasteiger partial charge in [0.05, 0.1) is 16.6 Å². The van der Waals surface area contributed by atoms with Crippen molar-refractivity contribution in [1.82, 2.24) is 0 Å². The maximum Gasteiger partial charge on any atom is 0.151 e. The molecule has 20 heavy (non-hydrogen) atoms. The van der Waals surface area contributed by atoms with Crippen LogP contribution in [0, 0.1) is 0 Å². The van der Waals surface area contributed by atoms with Crippen LogP contribution in [0.2, 0.25) is 5.02 Å². The number of hydrogen-bond donors (Lipinski definition) is 0. The van der Waals surface area contributed by atoms with Crippen LogP contribution in [0.4, 0.5) is 0 Å². The van der Waals surface area contributed by atoms with Crippen molar-refractivity contribution in [2.75, 3.05) is 7.11 Å². The molecule has 0 saturated heterocycles. The minimum Gasteiger partial charge on any atom is -0.494 e. The molecule has 5 heteroatoms. The summed E-state index contributed by atoms with van der Waals surface area (Å²) in [6, 6.07) is 3.66. The summed E-state index contributed by atoms with van der Waals surface area (Å²) in [5, 5.41) is 0.452. The predicted molar refractivity (Wildman–Crippen MR) is 81.5 cm³/mol. The highest BCUT2D eigenvalue weighted by Crippen LogP contribution is 2.40. The lowest BCUT2D eigenvalue weighted by Crippen LogP contribution is -2.18. The molecule has 0 aromatic heterocycles. The topological polar surface area (TPSA) is 43.4 Å². The summed E-state index contributed by atoms with van der Waals surface area (Å²) in [5.74, 6) is 0.602. The third-order valence-corrected chi connectivity index (χ3v) is 4.65. The Bertz CT molecular complexity index is 542. The summed E-state index contributed by atoms with van der Waals surface area (Å²) < 4.78 is 6.02. The molecule has 1 atom stereocenters. The van der Waals surface area contributed by atoms with Gasteiger partial charge in [0, 0.05) is 25.2 Å². The largest absolute Gasteiger partial charge is 0.494 e. The third-order valence-electron chi connectivity index (χ3n) is 3.64. The van der Waals surface area contributed by atoms with Gasteiger partial charge in [-0.1, -0.05) is 17.7 Å². The highest BCUT2D eigenvalue weighted by atomic mass is 79.9. The maximum atomic E-state index is 12.3. The smallest absolute Gasteiger partial charge is 0.151 e. The maximum absolute atomic E-state index is 12.3. The number of hydrogen-bond acceptors (Lipinski definition) is 3. The molecule has 0 spiro atoms. The number of carbonyl (C=O) groups excluding carboxylic acids is 2. The van der Waals surface area contributed by atoms with Crippen LogP contribution in [-0.2, 0) is 9.59 Å². The van der Waals surface area contributed by atoms with Crippen LogP contribution in [-0.4, -0.2) is 18.7 Å². The van der Waals surface area contributed by atoms with Gasteiger partial charge < -0.3 is 4.74 Å². The monoisotopic (exact) mass is 358 g/mol. The Labute approximate surface area is 131 Å². The van der Waals surface area contributed by atoms with Crippen molar-refractivity contribution in [3.8, 4) is 5.75 Å². The Morgan fingerprint density at radius 2 is 2.00 bits per heavy atom. The molecular formula is C15H16BrClO3. The summed E-state index contributed by atoms with van der Waals surface area (Å²) in [4.78, 5) is 23.9. The molecule has 0 heterocycles. The van der Waals surface area contributed by atoms with Gasteiger partial charge >= 0.3 is 0 Å². The van der Waals surface area contributed by atoms with Crippen LogP contribution < -0.4 is 4.74 Å². The summed E-state index contributed by atoms with van der Waals surface area (Å²) >= 11 is 9.72. The first-order valence-corrected chi connectivity index (χ1v) is 7.78. The first kappa shape index (κ1) is 15.5. The second kappa shape index (κ2) is 6.72. The van der Waals surface area contributed by atoms with Crippen molar-refractivity contribution in [3.05, 3.63) is 27.2 Å². The summed E-state index contributed by atoms with van der Waals surface area (Å²) in [7, 11) is 1.54. The minimum atomic E-state index is -0.311. The van der Waals surface area contributed by atoms with Gasteiger partial charge in [-0.05, 0) is 40.4 Å². The molecule has 1 aromatic rings. The molecule has 1 unspecified atom stereocenters. The molecule has 0 bridgehead atoms. The molecule has 0 radical (unpaired) electrons. The first-order chi connectivity index (χ1) is 9.54. The van der Waals surface area contributed by atoms with E-state index in [1.807, 2.05) is 12.1 Å².